The molecule has 0 unspecified atom stereocenters. The first kappa shape index (κ1) is 14.1. The number of anilines is 1. The number of likely N-dealkylation sites (N-methyl/N-ethyl adjacent to an activating group) is 1. The third-order valence-electron chi connectivity index (χ3n) is 3.20. The highest BCUT2D eigenvalue weighted by molar-refractivity contribution is 5.80. The van der Waals surface area contributed by atoms with Crippen LogP contribution in [0.5, 0.6) is 0 Å². The number of hydrogen-bond acceptors (Lipinski definition) is 5. The van der Waals surface area contributed by atoms with Gasteiger partial charge in [-0.25, -0.2) is 4.98 Å². The molecule has 7 heteroatoms. The molecule has 2 heterocycles. The number of pyridine rings is 1. The number of carbonyl (C=O) groups excluding carboxylic acids is 3. The molecule has 106 valence electrons. The van der Waals surface area contributed by atoms with Crippen molar-refractivity contribution in [3.63, 3.8) is 0 Å². The molecule has 0 saturated carbocycles. The van der Waals surface area contributed by atoms with Crippen LogP contribution in [0.15, 0.2) is 12.1 Å². The van der Waals surface area contributed by atoms with Crippen molar-refractivity contribution < 1.29 is 14.4 Å². The standard InChI is InChI=1S/C13H16N4O3/c1-16-4-5-17(13(20)7-16)6-10-2-3-12(14-9-19)15-11(10)8-18/h2-3,8-9H,4-7H2,1H3,(H,14,15,19). The largest absolute Gasteiger partial charge is 0.336 e. The normalized spacial score (nSPS) is 16.1. The number of carbonyl (C=O) groups is 3. The Balaban J connectivity index is 2.14. The summed E-state index contributed by atoms with van der Waals surface area (Å²) < 4.78 is 0. The topological polar surface area (TPSA) is 82.6 Å². The Kier molecular flexibility index (Phi) is 4.41. The molecular weight excluding hydrogens is 260 g/mol. The van der Waals surface area contributed by atoms with Crippen LogP contribution in [0.25, 0.3) is 0 Å². The second-order valence-electron chi connectivity index (χ2n) is 4.67. The molecule has 7 nitrogen and oxygen atoms in total. The van der Waals surface area contributed by atoms with Crippen molar-refractivity contribution in [1.29, 1.82) is 0 Å². The first-order valence-electron chi connectivity index (χ1n) is 6.25. The van der Waals surface area contributed by atoms with Crippen molar-refractivity contribution in [2.45, 2.75) is 6.54 Å². The Hall–Kier alpha value is -2.28. The van der Waals surface area contributed by atoms with Gasteiger partial charge in [-0.2, -0.15) is 0 Å². The SMILES string of the molecule is CN1CCN(Cc2ccc(NC=O)nc2C=O)C(=O)C1. The minimum atomic E-state index is 0.0330. The lowest BCUT2D eigenvalue weighted by atomic mass is 10.1. The molecule has 1 aliphatic heterocycles. The molecule has 1 aliphatic rings. The predicted octanol–water partition coefficient (Wildman–Crippen LogP) is -0.264. The van der Waals surface area contributed by atoms with Gasteiger partial charge in [0.15, 0.2) is 6.29 Å². The number of rotatable bonds is 5. The molecule has 1 aromatic heterocycles. The summed E-state index contributed by atoms with van der Waals surface area (Å²) in [6.07, 6.45) is 1.13. The van der Waals surface area contributed by atoms with Crippen molar-refractivity contribution >= 4 is 24.4 Å². The van der Waals surface area contributed by atoms with E-state index in [-0.39, 0.29) is 11.6 Å². The number of hydrogen-bond donors (Lipinski definition) is 1. The lowest BCUT2D eigenvalue weighted by Gasteiger charge is -2.32. The quantitative estimate of drug-likeness (QED) is 0.749. The summed E-state index contributed by atoms with van der Waals surface area (Å²) in [4.78, 5) is 41.0. The monoisotopic (exact) mass is 276 g/mol. The van der Waals surface area contributed by atoms with Crippen LogP contribution in [-0.4, -0.2) is 60.1 Å². The number of nitrogens with one attached hydrogen (secondary N) is 1. The lowest BCUT2D eigenvalue weighted by Crippen LogP contribution is -2.48. The van der Waals surface area contributed by atoms with Crippen LogP contribution >= 0.6 is 0 Å². The van der Waals surface area contributed by atoms with Gasteiger partial charge in [0, 0.05) is 25.2 Å². The molecule has 0 spiro atoms. The molecule has 1 fully saturated rings. The molecule has 1 N–H and O–H groups in total. The molecule has 0 aromatic carbocycles. The van der Waals surface area contributed by atoms with Crippen molar-refractivity contribution in [3.05, 3.63) is 23.4 Å². The average Bonchev–Trinajstić information content (AvgIpc) is 2.43. The zero-order valence-corrected chi connectivity index (χ0v) is 11.2. The van der Waals surface area contributed by atoms with Crippen molar-refractivity contribution in [3.8, 4) is 0 Å². The Morgan fingerprint density at radius 2 is 2.15 bits per heavy atom. The van der Waals surface area contributed by atoms with Crippen LogP contribution in [0.1, 0.15) is 16.1 Å². The first-order valence-corrected chi connectivity index (χ1v) is 6.25. The Labute approximate surface area is 116 Å². The highest BCUT2D eigenvalue weighted by Gasteiger charge is 2.22. The van der Waals surface area contributed by atoms with Crippen LogP contribution in [0, 0.1) is 0 Å². The summed E-state index contributed by atoms with van der Waals surface area (Å²) >= 11 is 0. The third kappa shape index (κ3) is 3.18. The van der Waals surface area contributed by atoms with Gasteiger partial charge in [-0.05, 0) is 13.1 Å². The van der Waals surface area contributed by atoms with Crippen LogP contribution in [0.4, 0.5) is 5.82 Å². The van der Waals surface area contributed by atoms with E-state index in [9.17, 15) is 14.4 Å². The van der Waals surface area contributed by atoms with Gasteiger partial charge >= 0.3 is 0 Å². The number of piperazine rings is 1. The van der Waals surface area contributed by atoms with E-state index in [0.717, 1.165) is 6.54 Å². The fraction of sp³-hybridized carbons (Fsp3) is 0.385. The lowest BCUT2D eigenvalue weighted by molar-refractivity contribution is -0.136. The summed E-state index contributed by atoms with van der Waals surface area (Å²) in [7, 11) is 1.90. The van der Waals surface area contributed by atoms with Gasteiger partial charge in [0.25, 0.3) is 0 Å². The van der Waals surface area contributed by atoms with Gasteiger partial charge in [-0.15, -0.1) is 0 Å². The highest BCUT2D eigenvalue weighted by atomic mass is 16.2. The van der Waals surface area contributed by atoms with E-state index >= 15 is 0 Å². The maximum absolute atomic E-state index is 11.9. The van der Waals surface area contributed by atoms with Gasteiger partial charge in [-0.3, -0.25) is 19.3 Å². The fourth-order valence-electron chi connectivity index (χ4n) is 2.08. The van der Waals surface area contributed by atoms with Crippen molar-refractivity contribution in [1.82, 2.24) is 14.8 Å². The van der Waals surface area contributed by atoms with E-state index in [0.29, 0.717) is 43.7 Å². The number of aromatic nitrogens is 1. The Morgan fingerprint density at radius 1 is 1.35 bits per heavy atom. The van der Waals surface area contributed by atoms with Gasteiger partial charge in [0.1, 0.15) is 11.5 Å². The summed E-state index contributed by atoms with van der Waals surface area (Å²) in [5.41, 5.74) is 0.915. The Bertz CT molecular complexity index is 532. The summed E-state index contributed by atoms with van der Waals surface area (Å²) in [6, 6.07) is 3.31. The molecule has 2 rings (SSSR count). The van der Waals surface area contributed by atoms with Gasteiger partial charge in [-0.1, -0.05) is 6.07 Å². The van der Waals surface area contributed by atoms with Crippen LogP contribution in [-0.2, 0) is 16.1 Å². The minimum Gasteiger partial charge on any atom is -0.336 e. The molecule has 1 saturated heterocycles. The summed E-state index contributed by atoms with van der Waals surface area (Å²) in [6.45, 7) is 2.17. The highest BCUT2D eigenvalue weighted by Crippen LogP contribution is 2.14. The Morgan fingerprint density at radius 3 is 2.80 bits per heavy atom. The van der Waals surface area contributed by atoms with Crippen LogP contribution < -0.4 is 5.32 Å². The van der Waals surface area contributed by atoms with Gasteiger partial charge < -0.3 is 10.2 Å². The number of amides is 2. The van der Waals surface area contributed by atoms with E-state index in [1.165, 1.54) is 0 Å². The summed E-state index contributed by atoms with van der Waals surface area (Å²) in [5.74, 6) is 0.348. The van der Waals surface area contributed by atoms with Crippen LogP contribution in [0.2, 0.25) is 0 Å². The average molecular weight is 276 g/mol. The maximum Gasteiger partial charge on any atom is 0.237 e. The van der Waals surface area contributed by atoms with E-state index in [2.05, 4.69) is 10.3 Å². The maximum atomic E-state index is 11.9. The zero-order valence-electron chi connectivity index (χ0n) is 11.2. The van der Waals surface area contributed by atoms with Crippen molar-refractivity contribution in [2.24, 2.45) is 0 Å². The predicted molar refractivity (Wildman–Crippen MR) is 72.2 cm³/mol. The molecule has 0 atom stereocenters. The molecule has 2 amide bonds. The van der Waals surface area contributed by atoms with Gasteiger partial charge in [0.05, 0.1) is 6.54 Å². The molecule has 0 radical (unpaired) electrons. The molecule has 20 heavy (non-hydrogen) atoms. The molecule has 0 bridgehead atoms. The number of aldehydes is 1. The molecule has 1 aromatic rings. The fourth-order valence-corrected chi connectivity index (χ4v) is 2.08. The second kappa shape index (κ2) is 6.25. The smallest absolute Gasteiger partial charge is 0.237 e. The van der Waals surface area contributed by atoms with E-state index in [1.54, 1.807) is 17.0 Å². The van der Waals surface area contributed by atoms with E-state index in [4.69, 9.17) is 0 Å². The van der Waals surface area contributed by atoms with Crippen molar-refractivity contribution in [2.75, 3.05) is 32.0 Å². The molecular formula is C13H16N4O3. The minimum absolute atomic E-state index is 0.0330. The van der Waals surface area contributed by atoms with E-state index in [1.807, 2.05) is 11.9 Å². The first-order chi connectivity index (χ1) is 9.63. The second-order valence-corrected chi connectivity index (χ2v) is 4.67. The van der Waals surface area contributed by atoms with E-state index < -0.39 is 0 Å². The number of nitrogens with zero attached hydrogens (tertiary/aromatic N) is 3. The third-order valence-corrected chi connectivity index (χ3v) is 3.20. The zero-order chi connectivity index (χ0) is 14.5. The molecule has 0 aliphatic carbocycles. The van der Waals surface area contributed by atoms with Gasteiger partial charge in [0.2, 0.25) is 12.3 Å². The summed E-state index contributed by atoms with van der Waals surface area (Å²) in [5, 5.41) is 2.39. The van der Waals surface area contributed by atoms with Crippen LogP contribution in [0.3, 0.4) is 0 Å².